The van der Waals surface area contributed by atoms with Gasteiger partial charge in [-0.25, -0.2) is 4.79 Å². The average molecular weight is 632 g/mol. The first-order valence-electron chi connectivity index (χ1n) is 15.3. The Labute approximate surface area is 265 Å². The molecule has 0 radical (unpaired) electrons. The summed E-state index contributed by atoms with van der Waals surface area (Å²) in [7, 11) is 0. The largest absolute Gasteiger partial charge is 0.480 e. The molecule has 0 saturated heterocycles. The summed E-state index contributed by atoms with van der Waals surface area (Å²) in [6.45, 7) is 3.76. The Morgan fingerprint density at radius 3 is 1.67 bits per heavy atom. The SMILES string of the molecule is CCC(C)C(N)C(=O)NC(Cc1c[nH]c2ccccc12)C(=O)NC(Cc1c[nH]c2ccccc12)C(=O)NC(CCC(N)=O)C(=O)O. The lowest BCUT2D eigenvalue weighted by molar-refractivity contribution is -0.142. The number of hydrogen-bond donors (Lipinski definition) is 8. The van der Waals surface area contributed by atoms with Gasteiger partial charge in [0.15, 0.2) is 0 Å². The summed E-state index contributed by atoms with van der Waals surface area (Å²) in [6, 6.07) is 10.3. The van der Waals surface area contributed by atoms with Crippen LogP contribution in [0.3, 0.4) is 0 Å². The molecule has 4 rings (SSSR count). The number of rotatable bonds is 16. The number of aliphatic carboxylic acids is 1. The predicted molar refractivity (Wildman–Crippen MR) is 173 cm³/mol. The number of nitrogens with one attached hydrogen (secondary N) is 5. The minimum absolute atomic E-state index is 0.00385. The van der Waals surface area contributed by atoms with Gasteiger partial charge in [-0.1, -0.05) is 56.7 Å². The number of nitrogens with two attached hydrogens (primary N) is 2. The Morgan fingerprint density at radius 2 is 1.22 bits per heavy atom. The molecule has 4 amide bonds. The number of H-pyrrole nitrogens is 2. The highest BCUT2D eigenvalue weighted by Gasteiger charge is 2.32. The van der Waals surface area contributed by atoms with Gasteiger partial charge in [-0.05, 0) is 35.6 Å². The van der Waals surface area contributed by atoms with Crippen molar-refractivity contribution < 1.29 is 29.1 Å². The minimum atomic E-state index is -1.42. The first kappa shape index (κ1) is 33.7. The van der Waals surface area contributed by atoms with Crippen LogP contribution in [0.2, 0.25) is 0 Å². The summed E-state index contributed by atoms with van der Waals surface area (Å²) in [5.74, 6) is -4.15. The number of fused-ring (bicyclic) bond motifs is 2. The Bertz CT molecular complexity index is 1710. The summed E-state index contributed by atoms with van der Waals surface area (Å²) in [6.07, 6.45) is 3.74. The van der Waals surface area contributed by atoms with Gasteiger partial charge in [0.05, 0.1) is 6.04 Å². The second kappa shape index (κ2) is 15.2. The maximum absolute atomic E-state index is 14.0. The fourth-order valence-electron chi connectivity index (χ4n) is 5.33. The molecule has 2 heterocycles. The normalized spacial score (nSPS) is 14.6. The van der Waals surface area contributed by atoms with Crippen LogP contribution in [-0.2, 0) is 36.8 Å². The van der Waals surface area contributed by atoms with Crippen molar-refractivity contribution in [3.8, 4) is 0 Å². The maximum atomic E-state index is 14.0. The number of carboxylic acid groups (broad SMARTS) is 1. The molecule has 13 heteroatoms. The van der Waals surface area contributed by atoms with E-state index in [1.54, 1.807) is 12.4 Å². The van der Waals surface area contributed by atoms with E-state index in [0.29, 0.717) is 12.0 Å². The summed E-state index contributed by atoms with van der Waals surface area (Å²) >= 11 is 0. The van der Waals surface area contributed by atoms with Crippen LogP contribution in [0, 0.1) is 5.92 Å². The lowest BCUT2D eigenvalue weighted by atomic mass is 9.97. The van der Waals surface area contributed by atoms with E-state index in [1.807, 2.05) is 62.4 Å². The van der Waals surface area contributed by atoms with Crippen molar-refractivity contribution >= 4 is 51.4 Å². The van der Waals surface area contributed by atoms with Crippen molar-refractivity contribution in [2.75, 3.05) is 0 Å². The number of aromatic amines is 2. The molecule has 244 valence electrons. The first-order chi connectivity index (χ1) is 22.0. The Hall–Kier alpha value is -5.17. The molecule has 0 aliphatic heterocycles. The molecule has 46 heavy (non-hydrogen) atoms. The third kappa shape index (κ3) is 8.30. The fraction of sp³-hybridized carbons (Fsp3) is 0.364. The lowest BCUT2D eigenvalue weighted by Crippen LogP contribution is -2.58. The molecule has 0 aliphatic carbocycles. The van der Waals surface area contributed by atoms with Crippen molar-refractivity contribution in [3.63, 3.8) is 0 Å². The topological polar surface area (TPSA) is 225 Å². The van der Waals surface area contributed by atoms with Crippen LogP contribution in [0.25, 0.3) is 21.8 Å². The molecular formula is C33H41N7O6. The van der Waals surface area contributed by atoms with Crippen molar-refractivity contribution in [2.24, 2.45) is 17.4 Å². The molecule has 2 aromatic carbocycles. The van der Waals surface area contributed by atoms with Crippen LogP contribution in [0.1, 0.15) is 44.2 Å². The molecule has 5 unspecified atom stereocenters. The number of hydrogen-bond acceptors (Lipinski definition) is 6. The first-order valence-corrected chi connectivity index (χ1v) is 15.3. The molecule has 0 saturated carbocycles. The van der Waals surface area contributed by atoms with E-state index in [2.05, 4.69) is 25.9 Å². The highest BCUT2D eigenvalue weighted by molar-refractivity contribution is 5.95. The molecule has 4 aromatic rings. The third-order valence-corrected chi connectivity index (χ3v) is 8.32. The Balaban J connectivity index is 1.64. The van der Waals surface area contributed by atoms with Gasteiger partial charge >= 0.3 is 5.97 Å². The van der Waals surface area contributed by atoms with Crippen LogP contribution in [0.5, 0.6) is 0 Å². The zero-order chi connectivity index (χ0) is 33.4. The summed E-state index contributed by atoms with van der Waals surface area (Å²) in [5, 5.41) is 19.4. The quantitative estimate of drug-likeness (QED) is 0.0911. The van der Waals surface area contributed by atoms with Crippen molar-refractivity contribution in [1.29, 1.82) is 0 Å². The van der Waals surface area contributed by atoms with E-state index in [-0.39, 0.29) is 31.6 Å². The van der Waals surface area contributed by atoms with Gasteiger partial charge in [-0.15, -0.1) is 0 Å². The molecule has 0 spiro atoms. The number of carboxylic acids is 1. The number of amides is 4. The molecule has 0 aliphatic rings. The number of para-hydroxylation sites is 2. The second-order valence-electron chi connectivity index (χ2n) is 11.6. The lowest BCUT2D eigenvalue weighted by Gasteiger charge is -2.26. The highest BCUT2D eigenvalue weighted by Crippen LogP contribution is 2.21. The van der Waals surface area contributed by atoms with Gasteiger partial charge in [-0.2, -0.15) is 0 Å². The molecule has 13 nitrogen and oxygen atoms in total. The van der Waals surface area contributed by atoms with Gasteiger partial charge in [0.2, 0.25) is 23.6 Å². The molecule has 10 N–H and O–H groups in total. The Morgan fingerprint density at radius 1 is 0.761 bits per heavy atom. The number of carbonyl (C=O) groups is 5. The van der Waals surface area contributed by atoms with Crippen LogP contribution in [0.4, 0.5) is 0 Å². The molecule has 0 fully saturated rings. The van der Waals surface area contributed by atoms with Gasteiger partial charge in [0.25, 0.3) is 0 Å². The van der Waals surface area contributed by atoms with Crippen LogP contribution in [-0.4, -0.2) is 68.8 Å². The predicted octanol–water partition coefficient (Wildman–Crippen LogP) is 1.61. The Kier molecular flexibility index (Phi) is 11.2. The fourth-order valence-corrected chi connectivity index (χ4v) is 5.33. The van der Waals surface area contributed by atoms with E-state index in [4.69, 9.17) is 11.5 Å². The van der Waals surface area contributed by atoms with Gasteiger partial charge in [0, 0.05) is 53.5 Å². The molecular weight excluding hydrogens is 590 g/mol. The summed E-state index contributed by atoms with van der Waals surface area (Å²) in [5.41, 5.74) is 14.5. The standard InChI is InChI=1S/C33H41N7O6/c1-3-18(2)29(35)32(44)40-27(15-20-17-37-24-11-7-5-9-22(20)24)31(43)39-26(14-19-16-36-23-10-6-4-8-21(19)23)30(42)38-25(33(45)46)12-13-28(34)41/h4-11,16-18,25-27,29,36-37H,3,12-15,35H2,1-2H3,(H2,34,41)(H,38,42)(H,39,43)(H,40,44)(H,45,46). The number of carbonyl (C=O) groups excluding carboxylic acids is 4. The van der Waals surface area contributed by atoms with E-state index in [0.717, 1.165) is 27.4 Å². The van der Waals surface area contributed by atoms with Crippen molar-refractivity contribution in [1.82, 2.24) is 25.9 Å². The number of benzene rings is 2. The number of primary amides is 1. The van der Waals surface area contributed by atoms with E-state index < -0.39 is 53.8 Å². The van der Waals surface area contributed by atoms with Crippen molar-refractivity contribution in [2.45, 2.75) is 70.1 Å². The zero-order valence-electron chi connectivity index (χ0n) is 25.8. The van der Waals surface area contributed by atoms with Gasteiger partial charge in [-0.3, -0.25) is 19.2 Å². The monoisotopic (exact) mass is 631 g/mol. The van der Waals surface area contributed by atoms with E-state index >= 15 is 0 Å². The maximum Gasteiger partial charge on any atom is 0.326 e. The summed E-state index contributed by atoms with van der Waals surface area (Å²) < 4.78 is 0. The minimum Gasteiger partial charge on any atom is -0.480 e. The smallest absolute Gasteiger partial charge is 0.326 e. The molecule has 2 aromatic heterocycles. The number of aromatic nitrogens is 2. The molecule has 0 bridgehead atoms. The second-order valence-corrected chi connectivity index (χ2v) is 11.6. The summed E-state index contributed by atoms with van der Waals surface area (Å²) in [4.78, 5) is 70.4. The average Bonchev–Trinajstić information content (AvgIpc) is 3.65. The van der Waals surface area contributed by atoms with Crippen LogP contribution >= 0.6 is 0 Å². The van der Waals surface area contributed by atoms with E-state index in [9.17, 15) is 29.1 Å². The van der Waals surface area contributed by atoms with Crippen molar-refractivity contribution in [3.05, 3.63) is 72.1 Å². The van der Waals surface area contributed by atoms with E-state index in [1.165, 1.54) is 0 Å². The van der Waals surface area contributed by atoms with Crippen LogP contribution < -0.4 is 27.4 Å². The highest BCUT2D eigenvalue weighted by atomic mass is 16.4. The zero-order valence-corrected chi connectivity index (χ0v) is 25.8. The molecule has 5 atom stereocenters. The van der Waals surface area contributed by atoms with Gasteiger partial charge in [0.1, 0.15) is 18.1 Å². The third-order valence-electron chi connectivity index (χ3n) is 8.32. The van der Waals surface area contributed by atoms with Crippen LogP contribution in [0.15, 0.2) is 60.9 Å². The van der Waals surface area contributed by atoms with Gasteiger partial charge < -0.3 is 42.5 Å².